The summed E-state index contributed by atoms with van der Waals surface area (Å²) in [5, 5.41) is 0. The molecule has 2 rings (SSSR count). The van der Waals surface area contributed by atoms with Crippen molar-refractivity contribution in [2.24, 2.45) is 11.1 Å². The van der Waals surface area contributed by atoms with Crippen molar-refractivity contribution in [3.63, 3.8) is 0 Å². The van der Waals surface area contributed by atoms with Crippen LogP contribution in [-0.2, 0) is 9.53 Å². The van der Waals surface area contributed by atoms with E-state index in [1.165, 1.54) is 0 Å². The number of morpholine rings is 1. The summed E-state index contributed by atoms with van der Waals surface area (Å²) < 4.78 is 5.22. The molecule has 0 unspecified atom stereocenters. The average Bonchev–Trinajstić information content (AvgIpc) is 2.16. The Bertz CT molecular complexity index is 283. The Kier molecular flexibility index (Phi) is 2.93. The van der Waals surface area contributed by atoms with Crippen molar-refractivity contribution in [2.75, 3.05) is 26.3 Å². The number of hydrogen-bond donors (Lipinski definition) is 1. The van der Waals surface area contributed by atoms with Crippen molar-refractivity contribution in [1.82, 2.24) is 4.90 Å². The highest BCUT2D eigenvalue weighted by Crippen LogP contribution is 2.42. The van der Waals surface area contributed by atoms with Crippen LogP contribution in [0, 0.1) is 5.41 Å². The number of amides is 1. The fourth-order valence-electron chi connectivity index (χ4n) is 2.17. The quantitative estimate of drug-likeness (QED) is 0.691. The molecule has 1 aliphatic carbocycles. The standard InChI is InChI=1S/C10H16N2O2S/c11-8(15)10(2-1-3-10)9(13)12-4-6-14-7-5-12/h1-7H2,(H2,11,15). The molecule has 0 bridgehead atoms. The van der Waals surface area contributed by atoms with Crippen molar-refractivity contribution < 1.29 is 9.53 Å². The van der Waals surface area contributed by atoms with Crippen LogP contribution < -0.4 is 5.73 Å². The van der Waals surface area contributed by atoms with Crippen LogP contribution in [0.3, 0.4) is 0 Å². The van der Waals surface area contributed by atoms with Crippen LogP contribution in [0.4, 0.5) is 0 Å². The first-order chi connectivity index (χ1) is 7.17. The van der Waals surface area contributed by atoms with Crippen LogP contribution in [0.15, 0.2) is 0 Å². The molecule has 1 amide bonds. The minimum Gasteiger partial charge on any atom is -0.392 e. The van der Waals surface area contributed by atoms with Crippen molar-refractivity contribution in [3.05, 3.63) is 0 Å². The zero-order valence-corrected chi connectivity index (χ0v) is 9.52. The molecule has 84 valence electrons. The summed E-state index contributed by atoms with van der Waals surface area (Å²) in [6.07, 6.45) is 2.68. The topological polar surface area (TPSA) is 55.6 Å². The van der Waals surface area contributed by atoms with E-state index in [9.17, 15) is 4.79 Å². The van der Waals surface area contributed by atoms with Gasteiger partial charge in [0.2, 0.25) is 5.91 Å². The van der Waals surface area contributed by atoms with Gasteiger partial charge in [-0.2, -0.15) is 0 Å². The second-order valence-electron chi connectivity index (χ2n) is 4.20. The molecule has 5 heteroatoms. The highest BCUT2D eigenvalue weighted by molar-refractivity contribution is 7.80. The van der Waals surface area contributed by atoms with Crippen LogP contribution in [0.5, 0.6) is 0 Å². The molecular weight excluding hydrogens is 212 g/mol. The van der Waals surface area contributed by atoms with Crippen molar-refractivity contribution in [2.45, 2.75) is 19.3 Å². The molecule has 0 spiro atoms. The molecule has 4 nitrogen and oxygen atoms in total. The van der Waals surface area contributed by atoms with E-state index in [2.05, 4.69) is 0 Å². The minimum absolute atomic E-state index is 0.115. The Balaban J connectivity index is 2.07. The van der Waals surface area contributed by atoms with Crippen LogP contribution in [0.25, 0.3) is 0 Å². The summed E-state index contributed by atoms with van der Waals surface area (Å²) in [5.41, 5.74) is 5.17. The van der Waals surface area contributed by atoms with Gasteiger partial charge in [-0.1, -0.05) is 18.6 Å². The Labute approximate surface area is 94.7 Å². The van der Waals surface area contributed by atoms with Crippen LogP contribution in [-0.4, -0.2) is 42.1 Å². The number of hydrogen-bond acceptors (Lipinski definition) is 3. The predicted octanol–water partition coefficient (Wildman–Crippen LogP) is 0.302. The number of carbonyl (C=O) groups excluding carboxylic acids is 1. The number of rotatable bonds is 2. The Morgan fingerprint density at radius 2 is 1.93 bits per heavy atom. The summed E-state index contributed by atoms with van der Waals surface area (Å²) in [6.45, 7) is 2.59. The molecule has 0 aromatic rings. The van der Waals surface area contributed by atoms with Gasteiger partial charge >= 0.3 is 0 Å². The van der Waals surface area contributed by atoms with E-state index < -0.39 is 5.41 Å². The Hall–Kier alpha value is -0.680. The summed E-state index contributed by atoms with van der Waals surface area (Å²) in [5.74, 6) is 0.115. The minimum atomic E-state index is -0.521. The van der Waals surface area contributed by atoms with Gasteiger partial charge in [0.25, 0.3) is 0 Å². The zero-order valence-electron chi connectivity index (χ0n) is 8.70. The summed E-state index contributed by atoms with van der Waals surface area (Å²) in [4.78, 5) is 14.4. The van der Waals surface area contributed by atoms with Crippen molar-refractivity contribution >= 4 is 23.1 Å². The van der Waals surface area contributed by atoms with Crippen molar-refractivity contribution in [1.29, 1.82) is 0 Å². The summed E-state index contributed by atoms with van der Waals surface area (Å²) in [7, 11) is 0. The number of nitrogens with two attached hydrogens (primary N) is 1. The zero-order chi connectivity index (χ0) is 10.9. The predicted molar refractivity (Wildman–Crippen MR) is 60.5 cm³/mol. The maximum absolute atomic E-state index is 12.2. The number of carbonyl (C=O) groups is 1. The van der Waals surface area contributed by atoms with Gasteiger partial charge in [-0.15, -0.1) is 0 Å². The maximum atomic E-state index is 12.2. The van der Waals surface area contributed by atoms with E-state index >= 15 is 0 Å². The van der Waals surface area contributed by atoms with E-state index in [-0.39, 0.29) is 5.91 Å². The molecule has 1 saturated heterocycles. The lowest BCUT2D eigenvalue weighted by Gasteiger charge is -2.43. The number of nitrogens with zero attached hydrogens (tertiary/aromatic N) is 1. The first-order valence-electron chi connectivity index (χ1n) is 5.34. The molecule has 2 aliphatic rings. The van der Waals surface area contributed by atoms with Gasteiger partial charge in [0, 0.05) is 13.1 Å². The number of ether oxygens (including phenoxy) is 1. The second-order valence-corrected chi connectivity index (χ2v) is 4.64. The molecule has 0 aromatic carbocycles. The summed E-state index contributed by atoms with van der Waals surface area (Å²) in [6, 6.07) is 0. The molecule has 1 aliphatic heterocycles. The van der Waals surface area contributed by atoms with Gasteiger partial charge in [0.1, 0.15) is 0 Å². The molecule has 2 fully saturated rings. The molecule has 0 aromatic heterocycles. The summed E-state index contributed by atoms with van der Waals surface area (Å²) >= 11 is 5.03. The van der Waals surface area contributed by atoms with Gasteiger partial charge in [0.15, 0.2) is 0 Å². The fourth-order valence-corrected chi connectivity index (χ4v) is 2.46. The van der Waals surface area contributed by atoms with E-state index in [4.69, 9.17) is 22.7 Å². The monoisotopic (exact) mass is 228 g/mol. The SMILES string of the molecule is NC(=S)C1(C(=O)N2CCOCC2)CCC1. The first kappa shape index (κ1) is 10.8. The van der Waals surface area contributed by atoms with Crippen molar-refractivity contribution in [3.8, 4) is 0 Å². The highest BCUT2D eigenvalue weighted by atomic mass is 32.1. The Morgan fingerprint density at radius 3 is 2.33 bits per heavy atom. The molecule has 0 radical (unpaired) electrons. The fraction of sp³-hybridized carbons (Fsp3) is 0.800. The van der Waals surface area contributed by atoms with Gasteiger partial charge in [0.05, 0.1) is 23.6 Å². The number of thiocarbonyl (C=S) groups is 1. The smallest absolute Gasteiger partial charge is 0.235 e. The lowest BCUT2D eigenvalue weighted by atomic mass is 9.67. The third kappa shape index (κ3) is 1.74. The van der Waals surface area contributed by atoms with Crippen LogP contribution in [0.2, 0.25) is 0 Å². The average molecular weight is 228 g/mol. The van der Waals surface area contributed by atoms with Gasteiger partial charge in [-0.05, 0) is 12.8 Å². The van der Waals surface area contributed by atoms with E-state index in [0.717, 1.165) is 19.3 Å². The van der Waals surface area contributed by atoms with Crippen LogP contribution >= 0.6 is 12.2 Å². The normalized spacial score (nSPS) is 24.4. The molecule has 1 saturated carbocycles. The van der Waals surface area contributed by atoms with E-state index in [1.807, 2.05) is 4.90 Å². The van der Waals surface area contributed by atoms with Gasteiger partial charge < -0.3 is 15.4 Å². The van der Waals surface area contributed by atoms with E-state index in [1.54, 1.807) is 0 Å². The van der Waals surface area contributed by atoms with Gasteiger partial charge in [-0.3, -0.25) is 4.79 Å². The lowest BCUT2D eigenvalue weighted by Crippen LogP contribution is -2.56. The molecule has 0 atom stereocenters. The second kappa shape index (κ2) is 4.06. The van der Waals surface area contributed by atoms with Gasteiger partial charge in [-0.25, -0.2) is 0 Å². The highest BCUT2D eigenvalue weighted by Gasteiger charge is 2.48. The third-order valence-electron chi connectivity index (χ3n) is 3.39. The molecule has 1 heterocycles. The molecule has 15 heavy (non-hydrogen) atoms. The Morgan fingerprint density at radius 1 is 1.33 bits per heavy atom. The molecule has 2 N–H and O–H groups in total. The molecular formula is C10H16N2O2S. The lowest BCUT2D eigenvalue weighted by molar-refractivity contribution is -0.146. The first-order valence-corrected chi connectivity index (χ1v) is 5.75. The maximum Gasteiger partial charge on any atom is 0.235 e. The van der Waals surface area contributed by atoms with E-state index in [0.29, 0.717) is 31.3 Å². The third-order valence-corrected chi connectivity index (χ3v) is 3.78. The largest absolute Gasteiger partial charge is 0.392 e. The van der Waals surface area contributed by atoms with Crippen LogP contribution in [0.1, 0.15) is 19.3 Å².